The number of anilines is 2. The molecule has 2 heterocycles. The molecular weight excluding hydrogens is 370 g/mol. The van der Waals surface area contributed by atoms with Gasteiger partial charge >= 0.3 is 0 Å². The van der Waals surface area contributed by atoms with E-state index in [4.69, 9.17) is 15.5 Å². The van der Waals surface area contributed by atoms with Gasteiger partial charge in [-0.05, 0) is 55.9 Å². The third kappa shape index (κ3) is 3.44. The predicted molar refractivity (Wildman–Crippen MR) is 115 cm³/mol. The van der Waals surface area contributed by atoms with Crippen molar-refractivity contribution in [2.75, 3.05) is 17.7 Å². The molecule has 0 fully saturated rings. The molecule has 1 aliphatic rings. The summed E-state index contributed by atoms with van der Waals surface area (Å²) in [4.78, 5) is 19.1. The van der Waals surface area contributed by atoms with Gasteiger partial charge in [0.15, 0.2) is 0 Å². The van der Waals surface area contributed by atoms with Gasteiger partial charge in [0.25, 0.3) is 5.91 Å². The monoisotopic (exact) mass is 395 g/mol. The lowest BCUT2D eigenvalue weighted by molar-refractivity contribution is 0.103. The van der Waals surface area contributed by atoms with Crippen molar-refractivity contribution in [3.8, 4) is 5.75 Å². The standard InChI is InChI=1S/C22H25N3O2S/c1-3-13-9-10-16-14(11-13)12-15-19(23)20(28-22(15)25-16)21(26)24-17-7-5-6-8-18(17)27-4-2/h5-8,12-13H,3-4,9-11,23H2,1-2H3,(H,24,26)/t13-/m1/s1. The number of carbonyl (C=O) groups excluding carboxylic acids is 1. The quantitative estimate of drug-likeness (QED) is 0.634. The van der Waals surface area contributed by atoms with E-state index in [1.807, 2.05) is 31.2 Å². The largest absolute Gasteiger partial charge is 0.492 e. The maximum absolute atomic E-state index is 12.9. The fraction of sp³-hybridized carbons (Fsp3) is 0.364. The first-order valence-corrected chi connectivity index (χ1v) is 10.7. The lowest BCUT2D eigenvalue weighted by atomic mass is 9.85. The van der Waals surface area contributed by atoms with Crippen LogP contribution in [0.3, 0.4) is 0 Å². The van der Waals surface area contributed by atoms with Crippen LogP contribution in [0.4, 0.5) is 11.4 Å². The topological polar surface area (TPSA) is 77.2 Å². The number of hydrogen-bond acceptors (Lipinski definition) is 5. The number of carbonyl (C=O) groups is 1. The smallest absolute Gasteiger partial charge is 0.268 e. The van der Waals surface area contributed by atoms with Crippen LogP contribution in [0.5, 0.6) is 5.75 Å². The zero-order valence-electron chi connectivity index (χ0n) is 16.2. The number of nitrogens with two attached hydrogens (primary N) is 1. The van der Waals surface area contributed by atoms with E-state index in [1.165, 1.54) is 29.7 Å². The number of pyridine rings is 1. The molecule has 0 radical (unpaired) electrons. The summed E-state index contributed by atoms with van der Waals surface area (Å²) in [6.45, 7) is 4.69. The first kappa shape index (κ1) is 18.7. The predicted octanol–water partition coefficient (Wildman–Crippen LogP) is 5.04. The second kappa shape index (κ2) is 7.80. The van der Waals surface area contributed by atoms with E-state index in [1.54, 1.807) is 0 Å². The molecule has 5 nitrogen and oxygen atoms in total. The van der Waals surface area contributed by atoms with Crippen molar-refractivity contribution in [2.24, 2.45) is 5.92 Å². The fourth-order valence-electron chi connectivity index (χ4n) is 3.81. The number of hydrogen-bond donors (Lipinski definition) is 2. The van der Waals surface area contributed by atoms with Crippen LogP contribution in [0, 0.1) is 5.92 Å². The Morgan fingerprint density at radius 1 is 1.36 bits per heavy atom. The van der Waals surface area contributed by atoms with Crippen LogP contribution < -0.4 is 15.8 Å². The zero-order valence-corrected chi connectivity index (χ0v) is 17.1. The molecular formula is C22H25N3O2S. The first-order chi connectivity index (χ1) is 13.6. The first-order valence-electron chi connectivity index (χ1n) is 9.84. The Bertz CT molecular complexity index is 1030. The van der Waals surface area contributed by atoms with Crippen molar-refractivity contribution in [3.05, 3.63) is 46.5 Å². The number of fused-ring (bicyclic) bond motifs is 2. The van der Waals surface area contributed by atoms with Crippen LogP contribution in [-0.4, -0.2) is 17.5 Å². The number of nitrogen functional groups attached to an aromatic ring is 1. The number of benzene rings is 1. The molecule has 3 N–H and O–H groups in total. The Morgan fingerprint density at radius 2 is 2.18 bits per heavy atom. The molecule has 0 aliphatic heterocycles. The summed E-state index contributed by atoms with van der Waals surface area (Å²) in [5.41, 5.74) is 9.97. The van der Waals surface area contributed by atoms with Crippen LogP contribution in [0.15, 0.2) is 30.3 Å². The van der Waals surface area contributed by atoms with E-state index in [2.05, 4.69) is 18.3 Å². The average Bonchev–Trinajstić information content (AvgIpc) is 3.03. The molecule has 3 aromatic rings. The van der Waals surface area contributed by atoms with Crippen molar-refractivity contribution in [2.45, 2.75) is 39.5 Å². The minimum Gasteiger partial charge on any atom is -0.492 e. The Morgan fingerprint density at radius 3 is 2.96 bits per heavy atom. The number of aromatic nitrogens is 1. The van der Waals surface area contributed by atoms with Gasteiger partial charge in [0.1, 0.15) is 15.5 Å². The molecule has 1 aromatic carbocycles. The summed E-state index contributed by atoms with van der Waals surface area (Å²) in [7, 11) is 0. The number of nitrogens with one attached hydrogen (secondary N) is 1. The molecule has 0 unspecified atom stereocenters. The van der Waals surface area contributed by atoms with E-state index in [0.29, 0.717) is 34.5 Å². The molecule has 0 saturated heterocycles. The normalized spacial score (nSPS) is 16.0. The second-order valence-electron chi connectivity index (χ2n) is 7.19. The minimum atomic E-state index is -0.225. The maximum Gasteiger partial charge on any atom is 0.268 e. The highest BCUT2D eigenvalue weighted by Gasteiger charge is 2.23. The van der Waals surface area contributed by atoms with Gasteiger partial charge in [-0.25, -0.2) is 4.98 Å². The van der Waals surface area contributed by atoms with Gasteiger partial charge < -0.3 is 15.8 Å². The molecule has 146 valence electrons. The molecule has 6 heteroatoms. The van der Waals surface area contributed by atoms with Crippen LogP contribution in [0.25, 0.3) is 10.2 Å². The maximum atomic E-state index is 12.9. The van der Waals surface area contributed by atoms with Gasteiger partial charge in [-0.1, -0.05) is 25.5 Å². The molecule has 28 heavy (non-hydrogen) atoms. The van der Waals surface area contributed by atoms with E-state index in [9.17, 15) is 4.79 Å². The number of amides is 1. The average molecular weight is 396 g/mol. The zero-order chi connectivity index (χ0) is 19.7. The van der Waals surface area contributed by atoms with Crippen LogP contribution in [-0.2, 0) is 12.8 Å². The summed E-state index contributed by atoms with van der Waals surface area (Å²) < 4.78 is 5.60. The van der Waals surface area contributed by atoms with Gasteiger partial charge in [-0.3, -0.25) is 4.79 Å². The third-order valence-corrected chi connectivity index (χ3v) is 6.52. The van der Waals surface area contributed by atoms with E-state index in [-0.39, 0.29) is 5.91 Å². The number of aryl methyl sites for hydroxylation is 1. The van der Waals surface area contributed by atoms with Gasteiger partial charge in [-0.2, -0.15) is 0 Å². The van der Waals surface area contributed by atoms with Crippen molar-refractivity contribution in [3.63, 3.8) is 0 Å². The van der Waals surface area contributed by atoms with Crippen molar-refractivity contribution in [1.82, 2.24) is 4.98 Å². The summed E-state index contributed by atoms with van der Waals surface area (Å²) in [5.74, 6) is 1.14. The number of ether oxygens (including phenoxy) is 1. The molecule has 1 aliphatic carbocycles. The van der Waals surface area contributed by atoms with Gasteiger partial charge in [0.05, 0.1) is 18.0 Å². The summed E-state index contributed by atoms with van der Waals surface area (Å²) in [6.07, 6.45) is 4.42. The highest BCUT2D eigenvalue weighted by molar-refractivity contribution is 7.21. The van der Waals surface area contributed by atoms with Crippen LogP contribution in [0.2, 0.25) is 0 Å². The number of para-hydroxylation sites is 2. The van der Waals surface area contributed by atoms with Gasteiger partial charge in [-0.15, -0.1) is 11.3 Å². The number of thiophene rings is 1. The molecule has 0 saturated carbocycles. The second-order valence-corrected chi connectivity index (χ2v) is 8.19. The summed E-state index contributed by atoms with van der Waals surface area (Å²) in [5, 5.41) is 3.83. The summed E-state index contributed by atoms with van der Waals surface area (Å²) in [6, 6.07) is 9.57. The lowest BCUT2D eigenvalue weighted by Gasteiger charge is -2.22. The van der Waals surface area contributed by atoms with E-state index in [0.717, 1.165) is 28.8 Å². The van der Waals surface area contributed by atoms with E-state index >= 15 is 0 Å². The minimum absolute atomic E-state index is 0.225. The Balaban J connectivity index is 1.66. The summed E-state index contributed by atoms with van der Waals surface area (Å²) >= 11 is 1.36. The SMILES string of the molecule is CCOc1ccccc1NC(=O)c1sc2nc3c(cc2c1N)C[C@H](CC)CC3. The molecule has 1 amide bonds. The number of rotatable bonds is 5. The van der Waals surface area contributed by atoms with Gasteiger partial charge in [0, 0.05) is 11.1 Å². The Hall–Kier alpha value is -2.60. The third-order valence-electron chi connectivity index (χ3n) is 5.41. The van der Waals surface area contributed by atoms with E-state index < -0.39 is 0 Å². The van der Waals surface area contributed by atoms with Crippen molar-refractivity contribution in [1.29, 1.82) is 0 Å². The Kier molecular flexibility index (Phi) is 5.22. The van der Waals surface area contributed by atoms with Crippen molar-refractivity contribution >= 4 is 38.8 Å². The highest BCUT2D eigenvalue weighted by atomic mass is 32.1. The fourth-order valence-corrected chi connectivity index (χ4v) is 4.80. The van der Waals surface area contributed by atoms with Gasteiger partial charge in [0.2, 0.25) is 0 Å². The molecule has 4 rings (SSSR count). The molecule has 1 atom stereocenters. The molecule has 0 bridgehead atoms. The van der Waals surface area contributed by atoms with Crippen LogP contribution >= 0.6 is 11.3 Å². The molecule has 0 spiro atoms. The van der Waals surface area contributed by atoms with Crippen LogP contribution in [0.1, 0.15) is 47.6 Å². The molecule has 2 aromatic heterocycles. The van der Waals surface area contributed by atoms with Crippen molar-refractivity contribution < 1.29 is 9.53 Å². The number of nitrogens with zero attached hydrogens (tertiary/aromatic N) is 1. The Labute approximate surface area is 168 Å². The lowest BCUT2D eigenvalue weighted by Crippen LogP contribution is -2.14. The highest BCUT2D eigenvalue weighted by Crippen LogP contribution is 2.37.